The molecule has 0 aromatic carbocycles. The van der Waals surface area contributed by atoms with Crippen molar-refractivity contribution in [1.82, 2.24) is 26.6 Å². The van der Waals surface area contributed by atoms with Gasteiger partial charge >= 0.3 is 0 Å². The molecule has 1 heterocycles. The normalized spacial score (nSPS) is 22.4. The van der Waals surface area contributed by atoms with E-state index in [0.29, 0.717) is 12.5 Å². The van der Waals surface area contributed by atoms with E-state index in [0.717, 1.165) is 19.5 Å². The average molecular weight is 428 g/mol. The molecule has 0 bridgehead atoms. The fourth-order valence-corrected chi connectivity index (χ4v) is 3.52. The van der Waals surface area contributed by atoms with Crippen LogP contribution in [-0.2, 0) is 14.4 Å². The summed E-state index contributed by atoms with van der Waals surface area (Å²) in [5, 5.41) is 25.1. The molecule has 1 saturated heterocycles. The van der Waals surface area contributed by atoms with Crippen molar-refractivity contribution >= 4 is 17.6 Å². The number of likely N-dealkylation sites (N-methyl/N-ethyl adjacent to an activating group) is 1. The lowest BCUT2D eigenvalue weighted by molar-refractivity contribution is -0.136. The van der Waals surface area contributed by atoms with Gasteiger partial charge in [-0.3, -0.25) is 14.4 Å². The van der Waals surface area contributed by atoms with E-state index < -0.39 is 24.1 Å². The number of carbonyl (C=O) groups is 3. The van der Waals surface area contributed by atoms with Gasteiger partial charge in [-0.1, -0.05) is 27.7 Å². The lowest BCUT2D eigenvalue weighted by Crippen LogP contribution is -2.61. The standard InChI is InChI=1S/C21H41N5O4/c1-12(2)9-24-16-7-8-23-10-15(16)20(29)26-18(14(5)27)21(30)25-17(11-22-6)19(28)13(3)4/h12-18,22-24,27H,7-11H2,1-6H3,(H,25,30)(H,26,29)/t14-,15?,16?,17-,18-/m0/s1. The van der Waals surface area contributed by atoms with Crippen LogP contribution in [0.1, 0.15) is 41.0 Å². The molecule has 0 spiro atoms. The predicted molar refractivity (Wildman–Crippen MR) is 117 cm³/mol. The number of rotatable bonds is 12. The van der Waals surface area contributed by atoms with Crippen molar-refractivity contribution in [2.24, 2.45) is 17.8 Å². The topological polar surface area (TPSA) is 132 Å². The number of aliphatic hydroxyl groups excluding tert-OH is 1. The number of hydrogen-bond donors (Lipinski definition) is 6. The fourth-order valence-electron chi connectivity index (χ4n) is 3.52. The summed E-state index contributed by atoms with van der Waals surface area (Å²) < 4.78 is 0. The molecular formula is C21H41N5O4. The van der Waals surface area contributed by atoms with Crippen LogP contribution in [0.3, 0.4) is 0 Å². The van der Waals surface area contributed by atoms with Crippen LogP contribution in [-0.4, -0.2) is 80.2 Å². The highest BCUT2D eigenvalue weighted by Crippen LogP contribution is 2.13. The molecule has 174 valence electrons. The number of nitrogens with one attached hydrogen (secondary N) is 5. The third kappa shape index (κ3) is 8.29. The van der Waals surface area contributed by atoms with Crippen molar-refractivity contribution in [3.05, 3.63) is 0 Å². The molecule has 2 amide bonds. The van der Waals surface area contributed by atoms with E-state index in [4.69, 9.17) is 0 Å². The molecule has 0 saturated carbocycles. The lowest BCUT2D eigenvalue weighted by Gasteiger charge is -2.34. The first-order chi connectivity index (χ1) is 14.1. The molecule has 1 aliphatic heterocycles. The number of Topliss-reactive ketones (excluding diaryl/α,β-unsaturated/α-hetero) is 1. The SMILES string of the molecule is CNC[C@H](NC(=O)[C@@H](NC(=O)C1CNCCC1NCC(C)C)[C@H](C)O)C(=O)C(C)C. The molecule has 9 heteroatoms. The molecule has 9 nitrogen and oxygen atoms in total. The summed E-state index contributed by atoms with van der Waals surface area (Å²) in [6.07, 6.45) is -0.291. The maximum Gasteiger partial charge on any atom is 0.245 e. The van der Waals surface area contributed by atoms with Gasteiger partial charge in [-0.2, -0.15) is 0 Å². The van der Waals surface area contributed by atoms with Crippen molar-refractivity contribution in [2.75, 3.05) is 33.2 Å². The van der Waals surface area contributed by atoms with Crippen LogP contribution in [0.2, 0.25) is 0 Å². The van der Waals surface area contributed by atoms with E-state index in [-0.39, 0.29) is 36.1 Å². The Bertz CT molecular complexity index is 568. The Hall–Kier alpha value is -1.55. The van der Waals surface area contributed by atoms with Crippen LogP contribution in [0, 0.1) is 17.8 Å². The maximum atomic E-state index is 13.0. The van der Waals surface area contributed by atoms with Crippen molar-refractivity contribution < 1.29 is 19.5 Å². The quantitative estimate of drug-likeness (QED) is 0.236. The van der Waals surface area contributed by atoms with Gasteiger partial charge in [0.15, 0.2) is 5.78 Å². The molecule has 1 aliphatic rings. The van der Waals surface area contributed by atoms with Gasteiger partial charge in [-0.15, -0.1) is 0 Å². The Labute approximate surface area is 180 Å². The van der Waals surface area contributed by atoms with Gasteiger partial charge in [0.1, 0.15) is 12.1 Å². The second kappa shape index (κ2) is 13.0. The summed E-state index contributed by atoms with van der Waals surface area (Å²) in [5.74, 6) is -1.10. The van der Waals surface area contributed by atoms with Crippen LogP contribution in [0.5, 0.6) is 0 Å². The molecular weight excluding hydrogens is 386 g/mol. The number of hydrogen-bond acceptors (Lipinski definition) is 7. The monoisotopic (exact) mass is 427 g/mol. The average Bonchev–Trinajstić information content (AvgIpc) is 2.69. The Kier molecular flexibility index (Phi) is 11.5. The van der Waals surface area contributed by atoms with Crippen molar-refractivity contribution in [1.29, 1.82) is 0 Å². The Balaban J connectivity index is 2.84. The molecule has 0 aromatic rings. The molecule has 1 rings (SSSR count). The Morgan fingerprint density at radius 3 is 2.27 bits per heavy atom. The highest BCUT2D eigenvalue weighted by atomic mass is 16.3. The van der Waals surface area contributed by atoms with Gasteiger partial charge in [-0.25, -0.2) is 0 Å². The first kappa shape index (κ1) is 26.5. The zero-order valence-electron chi connectivity index (χ0n) is 19.2. The van der Waals surface area contributed by atoms with E-state index in [1.54, 1.807) is 20.9 Å². The minimum atomic E-state index is -1.13. The zero-order chi connectivity index (χ0) is 22.8. The van der Waals surface area contributed by atoms with Crippen LogP contribution in [0.25, 0.3) is 0 Å². The lowest BCUT2D eigenvalue weighted by atomic mass is 9.91. The molecule has 0 radical (unpaired) electrons. The maximum absolute atomic E-state index is 13.0. The van der Waals surface area contributed by atoms with Gasteiger partial charge in [0.25, 0.3) is 0 Å². The summed E-state index contributed by atoms with van der Waals surface area (Å²) >= 11 is 0. The summed E-state index contributed by atoms with van der Waals surface area (Å²) in [6, 6.07) is -1.85. The number of amides is 2. The second-order valence-electron chi connectivity index (χ2n) is 8.91. The molecule has 1 fully saturated rings. The van der Waals surface area contributed by atoms with Crippen LogP contribution < -0.4 is 26.6 Å². The van der Waals surface area contributed by atoms with Gasteiger partial charge in [0.05, 0.1) is 12.0 Å². The van der Waals surface area contributed by atoms with Gasteiger partial charge in [-0.05, 0) is 39.4 Å². The fraction of sp³-hybridized carbons (Fsp3) is 0.857. The summed E-state index contributed by atoms with van der Waals surface area (Å²) in [7, 11) is 1.70. The van der Waals surface area contributed by atoms with Gasteiger partial charge in [0, 0.05) is 25.0 Å². The van der Waals surface area contributed by atoms with Crippen LogP contribution >= 0.6 is 0 Å². The minimum Gasteiger partial charge on any atom is -0.391 e. The summed E-state index contributed by atoms with van der Waals surface area (Å²) in [4.78, 5) is 38.2. The molecule has 0 aromatic heterocycles. The van der Waals surface area contributed by atoms with E-state index in [1.165, 1.54) is 6.92 Å². The van der Waals surface area contributed by atoms with Crippen molar-refractivity contribution in [3.8, 4) is 0 Å². The highest BCUT2D eigenvalue weighted by molar-refractivity contribution is 5.94. The van der Waals surface area contributed by atoms with E-state index in [1.807, 2.05) is 0 Å². The van der Waals surface area contributed by atoms with Gasteiger partial charge in [0.2, 0.25) is 11.8 Å². The smallest absolute Gasteiger partial charge is 0.245 e. The number of carbonyl (C=O) groups excluding carboxylic acids is 3. The van der Waals surface area contributed by atoms with Crippen LogP contribution in [0.4, 0.5) is 0 Å². The molecule has 6 N–H and O–H groups in total. The number of ketones is 1. The molecule has 30 heavy (non-hydrogen) atoms. The van der Waals surface area contributed by atoms with Crippen molar-refractivity contribution in [3.63, 3.8) is 0 Å². The number of aliphatic hydroxyl groups is 1. The van der Waals surface area contributed by atoms with E-state index in [2.05, 4.69) is 40.4 Å². The molecule has 0 aliphatic carbocycles. The minimum absolute atomic E-state index is 0.00548. The molecule has 5 atom stereocenters. The highest BCUT2D eigenvalue weighted by Gasteiger charge is 2.35. The van der Waals surface area contributed by atoms with E-state index >= 15 is 0 Å². The number of piperidine rings is 1. The second-order valence-corrected chi connectivity index (χ2v) is 8.91. The zero-order valence-corrected chi connectivity index (χ0v) is 19.2. The van der Waals surface area contributed by atoms with Crippen LogP contribution in [0.15, 0.2) is 0 Å². The largest absolute Gasteiger partial charge is 0.391 e. The third-order valence-electron chi connectivity index (χ3n) is 5.31. The predicted octanol–water partition coefficient (Wildman–Crippen LogP) is -0.995. The summed E-state index contributed by atoms with van der Waals surface area (Å²) in [6.45, 7) is 11.6. The third-order valence-corrected chi connectivity index (χ3v) is 5.31. The van der Waals surface area contributed by atoms with E-state index in [9.17, 15) is 19.5 Å². The van der Waals surface area contributed by atoms with Gasteiger partial charge < -0.3 is 31.7 Å². The molecule has 2 unspecified atom stereocenters. The first-order valence-electron chi connectivity index (χ1n) is 11.0. The summed E-state index contributed by atoms with van der Waals surface area (Å²) in [5.41, 5.74) is 0. The van der Waals surface area contributed by atoms with Crippen molar-refractivity contribution in [2.45, 2.75) is 65.3 Å². The Morgan fingerprint density at radius 1 is 1.07 bits per heavy atom. The first-order valence-corrected chi connectivity index (χ1v) is 11.0. The Morgan fingerprint density at radius 2 is 1.73 bits per heavy atom.